The van der Waals surface area contributed by atoms with E-state index in [1.807, 2.05) is 12.3 Å². The fraction of sp³-hybridized carbons (Fsp3) is 0.400. The lowest BCUT2D eigenvalue weighted by atomic mass is 10.1. The number of benzene rings is 1. The summed E-state index contributed by atoms with van der Waals surface area (Å²) in [5.74, 6) is 0.921. The first-order valence-corrected chi connectivity index (χ1v) is 7.36. The summed E-state index contributed by atoms with van der Waals surface area (Å²) in [5, 5.41) is 4.46. The van der Waals surface area contributed by atoms with Crippen molar-refractivity contribution in [1.82, 2.24) is 10.3 Å². The quantitative estimate of drug-likeness (QED) is 0.818. The summed E-state index contributed by atoms with van der Waals surface area (Å²) in [6, 6.07) is 6.19. The van der Waals surface area contributed by atoms with Gasteiger partial charge in [-0.2, -0.15) is 0 Å². The minimum atomic E-state index is 0.903. The van der Waals surface area contributed by atoms with Crippen molar-refractivity contribution in [3.8, 4) is 16.3 Å². The van der Waals surface area contributed by atoms with Crippen molar-refractivity contribution in [2.45, 2.75) is 26.8 Å². The smallest absolute Gasteiger partial charge is 0.123 e. The molecule has 19 heavy (non-hydrogen) atoms. The number of aryl methyl sites for hydroxylation is 1. The van der Waals surface area contributed by atoms with Gasteiger partial charge < -0.3 is 10.1 Å². The number of rotatable bonds is 6. The van der Waals surface area contributed by atoms with Crippen LogP contribution in [0.2, 0.25) is 0 Å². The van der Waals surface area contributed by atoms with E-state index in [2.05, 4.69) is 36.3 Å². The van der Waals surface area contributed by atoms with Gasteiger partial charge in [-0.1, -0.05) is 6.92 Å². The van der Waals surface area contributed by atoms with Crippen molar-refractivity contribution >= 4 is 11.3 Å². The molecule has 0 atom stereocenters. The Bertz CT molecular complexity index is 537. The van der Waals surface area contributed by atoms with Crippen LogP contribution in [0.4, 0.5) is 0 Å². The first-order chi connectivity index (χ1) is 9.24. The van der Waals surface area contributed by atoms with Crippen molar-refractivity contribution in [2.75, 3.05) is 13.7 Å². The van der Waals surface area contributed by atoms with Crippen LogP contribution >= 0.6 is 11.3 Å². The molecule has 0 aliphatic rings. The van der Waals surface area contributed by atoms with Crippen LogP contribution in [0.3, 0.4) is 0 Å². The van der Waals surface area contributed by atoms with Gasteiger partial charge in [-0.05, 0) is 43.7 Å². The maximum Gasteiger partial charge on any atom is 0.123 e. The second kappa shape index (κ2) is 6.68. The minimum absolute atomic E-state index is 0.903. The largest absolute Gasteiger partial charge is 0.496 e. The lowest BCUT2D eigenvalue weighted by Gasteiger charge is -2.05. The normalized spacial score (nSPS) is 10.7. The molecule has 0 fully saturated rings. The summed E-state index contributed by atoms with van der Waals surface area (Å²) in [6.07, 6.45) is 3.12. The Kier molecular flexibility index (Phi) is 4.93. The van der Waals surface area contributed by atoms with Gasteiger partial charge in [0.2, 0.25) is 0 Å². The summed E-state index contributed by atoms with van der Waals surface area (Å²) in [5.41, 5.74) is 2.30. The van der Waals surface area contributed by atoms with Crippen LogP contribution in [0, 0.1) is 6.92 Å². The van der Waals surface area contributed by atoms with Gasteiger partial charge >= 0.3 is 0 Å². The van der Waals surface area contributed by atoms with Crippen LogP contribution in [-0.2, 0) is 6.54 Å². The third kappa shape index (κ3) is 3.55. The SMILES string of the molecule is CCCNCc1cnc(-c2ccc(OC)c(C)c2)s1. The van der Waals surface area contributed by atoms with Crippen LogP contribution in [0.25, 0.3) is 10.6 Å². The highest BCUT2D eigenvalue weighted by molar-refractivity contribution is 7.15. The predicted molar refractivity (Wildman–Crippen MR) is 80.8 cm³/mol. The van der Waals surface area contributed by atoms with Crippen LogP contribution in [0.15, 0.2) is 24.4 Å². The number of hydrogen-bond donors (Lipinski definition) is 1. The number of thiazole rings is 1. The molecule has 0 aliphatic heterocycles. The fourth-order valence-corrected chi connectivity index (χ4v) is 2.80. The molecule has 0 amide bonds. The molecule has 0 aliphatic carbocycles. The molecule has 0 radical (unpaired) electrons. The van der Waals surface area contributed by atoms with Gasteiger partial charge in [-0.15, -0.1) is 11.3 Å². The average molecular weight is 276 g/mol. The Morgan fingerprint density at radius 2 is 2.21 bits per heavy atom. The molecule has 1 aromatic heterocycles. The van der Waals surface area contributed by atoms with Gasteiger partial charge in [0.1, 0.15) is 10.8 Å². The Balaban J connectivity index is 2.11. The molecule has 1 aromatic carbocycles. The molecule has 102 valence electrons. The lowest BCUT2D eigenvalue weighted by Crippen LogP contribution is -2.12. The van der Waals surface area contributed by atoms with E-state index < -0.39 is 0 Å². The van der Waals surface area contributed by atoms with E-state index in [0.29, 0.717) is 0 Å². The highest BCUT2D eigenvalue weighted by Gasteiger charge is 2.06. The van der Waals surface area contributed by atoms with E-state index in [-0.39, 0.29) is 0 Å². The topological polar surface area (TPSA) is 34.2 Å². The van der Waals surface area contributed by atoms with Gasteiger partial charge in [0.05, 0.1) is 7.11 Å². The van der Waals surface area contributed by atoms with Crippen molar-refractivity contribution in [3.63, 3.8) is 0 Å². The van der Waals surface area contributed by atoms with Crippen molar-refractivity contribution in [3.05, 3.63) is 34.8 Å². The van der Waals surface area contributed by atoms with E-state index in [1.54, 1.807) is 18.4 Å². The number of hydrogen-bond acceptors (Lipinski definition) is 4. The predicted octanol–water partition coefficient (Wildman–Crippen LogP) is 3.63. The molecule has 1 heterocycles. The highest BCUT2D eigenvalue weighted by Crippen LogP contribution is 2.29. The number of nitrogens with one attached hydrogen (secondary N) is 1. The molecule has 2 rings (SSSR count). The highest BCUT2D eigenvalue weighted by atomic mass is 32.1. The van der Waals surface area contributed by atoms with Crippen LogP contribution in [-0.4, -0.2) is 18.6 Å². The standard InChI is InChI=1S/C15H20N2OS/c1-4-7-16-9-13-10-17-15(19-13)12-5-6-14(18-3)11(2)8-12/h5-6,8,10,16H,4,7,9H2,1-3H3. The van der Waals surface area contributed by atoms with Gasteiger partial charge in [0.15, 0.2) is 0 Å². The molecule has 0 spiro atoms. The number of ether oxygens (including phenoxy) is 1. The zero-order chi connectivity index (χ0) is 13.7. The average Bonchev–Trinajstić information content (AvgIpc) is 2.88. The van der Waals surface area contributed by atoms with Crippen LogP contribution in [0.5, 0.6) is 5.75 Å². The summed E-state index contributed by atoms with van der Waals surface area (Å²) in [7, 11) is 1.70. The van der Waals surface area contributed by atoms with Crippen molar-refractivity contribution in [2.24, 2.45) is 0 Å². The number of nitrogens with zero attached hydrogens (tertiary/aromatic N) is 1. The van der Waals surface area contributed by atoms with E-state index >= 15 is 0 Å². The summed E-state index contributed by atoms with van der Waals surface area (Å²) >= 11 is 1.74. The zero-order valence-electron chi connectivity index (χ0n) is 11.7. The van der Waals surface area contributed by atoms with Crippen molar-refractivity contribution < 1.29 is 4.74 Å². The zero-order valence-corrected chi connectivity index (χ0v) is 12.5. The monoisotopic (exact) mass is 276 g/mol. The molecule has 4 heteroatoms. The molecular weight excluding hydrogens is 256 g/mol. The molecule has 1 N–H and O–H groups in total. The molecule has 3 nitrogen and oxygen atoms in total. The van der Waals surface area contributed by atoms with Gasteiger partial charge in [0.25, 0.3) is 0 Å². The lowest BCUT2D eigenvalue weighted by molar-refractivity contribution is 0.412. The third-order valence-corrected chi connectivity index (χ3v) is 3.97. The first-order valence-electron chi connectivity index (χ1n) is 6.55. The van der Waals surface area contributed by atoms with Gasteiger partial charge in [-0.3, -0.25) is 0 Å². The summed E-state index contributed by atoms with van der Waals surface area (Å²) < 4.78 is 5.28. The first kappa shape index (κ1) is 14.0. The second-order valence-electron chi connectivity index (χ2n) is 4.49. The minimum Gasteiger partial charge on any atom is -0.496 e. The van der Waals surface area contributed by atoms with E-state index in [0.717, 1.165) is 41.4 Å². The van der Waals surface area contributed by atoms with E-state index in [9.17, 15) is 0 Å². The van der Waals surface area contributed by atoms with Gasteiger partial charge in [-0.25, -0.2) is 4.98 Å². The van der Waals surface area contributed by atoms with Crippen LogP contribution < -0.4 is 10.1 Å². The number of methoxy groups -OCH3 is 1. The van der Waals surface area contributed by atoms with E-state index in [1.165, 1.54) is 4.88 Å². The van der Waals surface area contributed by atoms with Crippen LogP contribution in [0.1, 0.15) is 23.8 Å². The van der Waals surface area contributed by atoms with Crippen molar-refractivity contribution in [1.29, 1.82) is 0 Å². The van der Waals surface area contributed by atoms with Gasteiger partial charge in [0, 0.05) is 23.2 Å². The molecule has 0 unspecified atom stereocenters. The van der Waals surface area contributed by atoms with E-state index in [4.69, 9.17) is 4.74 Å². The summed E-state index contributed by atoms with van der Waals surface area (Å²) in [4.78, 5) is 5.77. The molecule has 0 saturated heterocycles. The molecule has 2 aromatic rings. The Hall–Kier alpha value is -1.39. The molecule has 0 saturated carbocycles. The third-order valence-electron chi connectivity index (χ3n) is 2.92. The second-order valence-corrected chi connectivity index (χ2v) is 5.61. The molecule has 0 bridgehead atoms. The molecular formula is C15H20N2OS. The fourth-order valence-electron chi connectivity index (χ4n) is 1.92. The Labute approximate surface area is 118 Å². The summed E-state index contributed by atoms with van der Waals surface area (Å²) in [6.45, 7) is 6.18. The maximum absolute atomic E-state index is 5.28. The Morgan fingerprint density at radius 1 is 1.37 bits per heavy atom. The maximum atomic E-state index is 5.28. The Morgan fingerprint density at radius 3 is 2.89 bits per heavy atom. The number of aromatic nitrogens is 1.